The van der Waals surface area contributed by atoms with Crippen LogP contribution in [0.3, 0.4) is 0 Å². The van der Waals surface area contributed by atoms with Crippen LogP contribution in [0.1, 0.15) is 16.8 Å². The molecule has 4 rings (SSSR count). The third-order valence-corrected chi connectivity index (χ3v) is 4.56. The summed E-state index contributed by atoms with van der Waals surface area (Å²) in [6, 6.07) is 5.70. The van der Waals surface area contributed by atoms with Crippen molar-refractivity contribution >= 4 is 11.6 Å². The van der Waals surface area contributed by atoms with Gasteiger partial charge in [-0.25, -0.2) is 9.97 Å². The van der Waals surface area contributed by atoms with E-state index in [9.17, 15) is 0 Å². The van der Waals surface area contributed by atoms with Crippen molar-refractivity contribution in [2.24, 2.45) is 0 Å². The molecule has 3 aromatic rings. The molecule has 0 saturated carbocycles. The number of aromatic nitrogens is 4. The molecular formula is C18H16ClN5. The summed E-state index contributed by atoms with van der Waals surface area (Å²) in [5.74, 6) is 0.764. The molecule has 1 aliphatic heterocycles. The van der Waals surface area contributed by atoms with E-state index in [0.717, 1.165) is 53.7 Å². The van der Waals surface area contributed by atoms with Gasteiger partial charge in [0.25, 0.3) is 0 Å². The van der Waals surface area contributed by atoms with E-state index in [-0.39, 0.29) is 0 Å². The van der Waals surface area contributed by atoms with Crippen molar-refractivity contribution in [3.8, 4) is 11.4 Å². The van der Waals surface area contributed by atoms with E-state index in [4.69, 9.17) is 16.6 Å². The molecule has 0 atom stereocenters. The largest absolute Gasteiger partial charge is 0.294 e. The highest BCUT2D eigenvalue weighted by Gasteiger charge is 2.19. The Balaban J connectivity index is 1.53. The molecule has 0 fully saturated rings. The molecule has 0 N–H and O–H groups in total. The Morgan fingerprint density at radius 2 is 1.88 bits per heavy atom. The highest BCUT2D eigenvalue weighted by molar-refractivity contribution is 6.31. The average Bonchev–Trinajstić information content (AvgIpc) is 2.64. The van der Waals surface area contributed by atoms with Gasteiger partial charge in [-0.3, -0.25) is 14.9 Å². The zero-order valence-electron chi connectivity index (χ0n) is 13.1. The molecule has 0 spiro atoms. The van der Waals surface area contributed by atoms with Crippen molar-refractivity contribution < 1.29 is 0 Å². The maximum Gasteiger partial charge on any atom is 0.159 e. The normalized spacial score (nSPS) is 14.4. The molecule has 3 aromatic heterocycles. The smallest absolute Gasteiger partial charge is 0.159 e. The summed E-state index contributed by atoms with van der Waals surface area (Å²) in [6.07, 6.45) is 9.92. The van der Waals surface area contributed by atoms with Gasteiger partial charge in [0.05, 0.1) is 5.69 Å². The van der Waals surface area contributed by atoms with E-state index in [1.165, 1.54) is 5.56 Å². The number of halogens is 1. The van der Waals surface area contributed by atoms with Crippen molar-refractivity contribution in [1.29, 1.82) is 0 Å². The van der Waals surface area contributed by atoms with Crippen LogP contribution in [0.4, 0.5) is 0 Å². The number of fused-ring (bicyclic) bond motifs is 1. The molecule has 1 aliphatic rings. The molecule has 24 heavy (non-hydrogen) atoms. The molecule has 120 valence electrons. The number of nitrogens with zero attached hydrogens (tertiary/aromatic N) is 5. The second kappa shape index (κ2) is 6.63. The summed E-state index contributed by atoms with van der Waals surface area (Å²) in [7, 11) is 0. The van der Waals surface area contributed by atoms with Gasteiger partial charge in [-0.15, -0.1) is 0 Å². The van der Waals surface area contributed by atoms with Crippen LogP contribution in [0.15, 0.2) is 49.2 Å². The van der Waals surface area contributed by atoms with Gasteiger partial charge in [-0.1, -0.05) is 11.6 Å². The van der Waals surface area contributed by atoms with Crippen LogP contribution in [0.2, 0.25) is 5.02 Å². The highest BCUT2D eigenvalue weighted by Crippen LogP contribution is 2.23. The summed E-state index contributed by atoms with van der Waals surface area (Å²) in [5.41, 5.74) is 4.36. The molecule has 4 heterocycles. The number of rotatable bonds is 3. The fourth-order valence-electron chi connectivity index (χ4n) is 2.92. The average molecular weight is 338 g/mol. The van der Waals surface area contributed by atoms with Gasteiger partial charge in [-0.2, -0.15) is 0 Å². The number of hydrogen-bond donors (Lipinski definition) is 0. The second-order valence-electron chi connectivity index (χ2n) is 5.83. The van der Waals surface area contributed by atoms with Crippen LogP contribution in [0.5, 0.6) is 0 Å². The molecule has 0 saturated heterocycles. The molecule has 0 aromatic carbocycles. The van der Waals surface area contributed by atoms with E-state index < -0.39 is 0 Å². The Morgan fingerprint density at radius 1 is 1.04 bits per heavy atom. The first-order chi connectivity index (χ1) is 11.8. The van der Waals surface area contributed by atoms with Gasteiger partial charge >= 0.3 is 0 Å². The van der Waals surface area contributed by atoms with E-state index in [2.05, 4.69) is 19.9 Å². The summed E-state index contributed by atoms with van der Waals surface area (Å²) >= 11 is 6.24. The summed E-state index contributed by atoms with van der Waals surface area (Å²) in [6.45, 7) is 2.57. The Bertz CT molecular complexity index is 853. The molecule has 0 bridgehead atoms. The second-order valence-corrected chi connectivity index (χ2v) is 6.24. The standard InChI is InChI=1S/C18H16ClN5/c19-16-3-7-21-9-14(16)11-24-8-4-17-15(12-24)10-22-18(23-17)13-1-5-20-6-2-13/h1-3,5-7,9-10H,4,8,11-12H2. The van der Waals surface area contributed by atoms with E-state index >= 15 is 0 Å². The van der Waals surface area contributed by atoms with Gasteiger partial charge in [0, 0.05) is 78.8 Å². The number of hydrogen-bond acceptors (Lipinski definition) is 5. The molecule has 0 radical (unpaired) electrons. The minimum Gasteiger partial charge on any atom is -0.294 e. The predicted octanol–water partition coefficient (Wildman–Crippen LogP) is 3.15. The fourth-order valence-corrected chi connectivity index (χ4v) is 3.08. The third kappa shape index (κ3) is 3.13. The molecule has 0 amide bonds. The molecular weight excluding hydrogens is 322 g/mol. The Labute approximate surface area is 145 Å². The summed E-state index contributed by atoms with van der Waals surface area (Å²) in [5, 5.41) is 0.764. The topological polar surface area (TPSA) is 54.8 Å². The SMILES string of the molecule is Clc1ccncc1CN1CCc2nc(-c3ccncc3)ncc2C1. The minimum atomic E-state index is 0.764. The van der Waals surface area contributed by atoms with E-state index in [0.29, 0.717) is 0 Å². The number of pyridine rings is 2. The van der Waals surface area contributed by atoms with E-state index in [1.54, 1.807) is 18.6 Å². The lowest BCUT2D eigenvalue weighted by Gasteiger charge is -2.28. The summed E-state index contributed by atoms with van der Waals surface area (Å²) < 4.78 is 0. The first-order valence-corrected chi connectivity index (χ1v) is 8.23. The maximum atomic E-state index is 6.24. The van der Waals surface area contributed by atoms with Gasteiger partial charge in [0.1, 0.15) is 0 Å². The monoisotopic (exact) mass is 337 g/mol. The lowest BCUT2D eigenvalue weighted by molar-refractivity contribution is 0.243. The Morgan fingerprint density at radius 3 is 2.71 bits per heavy atom. The predicted molar refractivity (Wildman–Crippen MR) is 92.3 cm³/mol. The van der Waals surface area contributed by atoms with Crippen LogP contribution in [-0.4, -0.2) is 31.4 Å². The maximum absolute atomic E-state index is 6.24. The Kier molecular flexibility index (Phi) is 4.19. The van der Waals surface area contributed by atoms with Crippen molar-refractivity contribution in [1.82, 2.24) is 24.8 Å². The lowest BCUT2D eigenvalue weighted by Crippen LogP contribution is -2.31. The van der Waals surface area contributed by atoms with Gasteiger partial charge < -0.3 is 0 Å². The summed E-state index contributed by atoms with van der Waals surface area (Å²) in [4.78, 5) is 19.8. The zero-order chi connectivity index (χ0) is 16.4. The molecule has 6 heteroatoms. The zero-order valence-corrected chi connectivity index (χ0v) is 13.8. The highest BCUT2D eigenvalue weighted by atomic mass is 35.5. The first kappa shape index (κ1) is 15.2. The van der Waals surface area contributed by atoms with Crippen LogP contribution in [-0.2, 0) is 19.5 Å². The molecule has 0 aliphatic carbocycles. The van der Waals surface area contributed by atoms with Crippen LogP contribution in [0, 0.1) is 0 Å². The Hall–Kier alpha value is -2.37. The quantitative estimate of drug-likeness (QED) is 0.735. The fraction of sp³-hybridized carbons (Fsp3) is 0.222. The van der Waals surface area contributed by atoms with E-state index in [1.807, 2.05) is 30.6 Å². The van der Waals surface area contributed by atoms with Crippen molar-refractivity contribution in [2.45, 2.75) is 19.5 Å². The van der Waals surface area contributed by atoms with Gasteiger partial charge in [0.2, 0.25) is 0 Å². The van der Waals surface area contributed by atoms with Crippen LogP contribution < -0.4 is 0 Å². The minimum absolute atomic E-state index is 0.764. The molecule has 0 unspecified atom stereocenters. The van der Waals surface area contributed by atoms with Gasteiger partial charge in [0.15, 0.2) is 5.82 Å². The van der Waals surface area contributed by atoms with Gasteiger partial charge in [-0.05, 0) is 18.2 Å². The third-order valence-electron chi connectivity index (χ3n) is 4.19. The van der Waals surface area contributed by atoms with Crippen molar-refractivity contribution in [3.05, 3.63) is 71.0 Å². The lowest BCUT2D eigenvalue weighted by atomic mass is 10.1. The molecule has 5 nitrogen and oxygen atoms in total. The van der Waals surface area contributed by atoms with Crippen molar-refractivity contribution in [2.75, 3.05) is 6.54 Å². The first-order valence-electron chi connectivity index (χ1n) is 7.85. The van der Waals surface area contributed by atoms with Crippen LogP contribution >= 0.6 is 11.6 Å². The van der Waals surface area contributed by atoms with Crippen molar-refractivity contribution in [3.63, 3.8) is 0 Å². The van der Waals surface area contributed by atoms with Crippen LogP contribution in [0.25, 0.3) is 11.4 Å².